The lowest BCUT2D eigenvalue weighted by Gasteiger charge is -2.35. The number of halogens is 2. The Hall–Kier alpha value is -0.240. The van der Waals surface area contributed by atoms with E-state index in [1.807, 2.05) is 18.2 Å². The van der Waals surface area contributed by atoms with E-state index in [4.69, 9.17) is 23.2 Å². The van der Waals surface area contributed by atoms with Crippen LogP contribution in [-0.4, -0.2) is 12.6 Å². The highest BCUT2D eigenvalue weighted by atomic mass is 35.5. The van der Waals surface area contributed by atoms with E-state index in [9.17, 15) is 0 Å². The van der Waals surface area contributed by atoms with E-state index in [1.165, 1.54) is 24.8 Å². The van der Waals surface area contributed by atoms with E-state index in [2.05, 4.69) is 19.2 Å². The molecule has 2 rings (SSSR count). The van der Waals surface area contributed by atoms with Crippen molar-refractivity contribution in [2.45, 2.75) is 45.6 Å². The van der Waals surface area contributed by atoms with Gasteiger partial charge in [0.25, 0.3) is 0 Å². The van der Waals surface area contributed by atoms with Crippen LogP contribution in [0, 0.1) is 11.8 Å². The summed E-state index contributed by atoms with van der Waals surface area (Å²) in [5, 5.41) is 5.20. The minimum Gasteiger partial charge on any atom is -0.313 e. The number of hydrogen-bond donors (Lipinski definition) is 1. The van der Waals surface area contributed by atoms with E-state index >= 15 is 0 Å². The molecule has 1 saturated carbocycles. The molecular formula is C16H23Cl2N. The minimum atomic E-state index is 0.653. The Morgan fingerprint density at radius 3 is 2.47 bits per heavy atom. The minimum absolute atomic E-state index is 0.653. The lowest BCUT2D eigenvalue weighted by Crippen LogP contribution is -2.43. The molecule has 3 heteroatoms. The monoisotopic (exact) mass is 299 g/mol. The summed E-state index contributed by atoms with van der Waals surface area (Å²) in [6.45, 7) is 5.71. The summed E-state index contributed by atoms with van der Waals surface area (Å²) in [5.74, 6) is 1.56. The zero-order chi connectivity index (χ0) is 13.8. The maximum atomic E-state index is 6.20. The molecule has 106 valence electrons. The average Bonchev–Trinajstić information content (AvgIpc) is 2.35. The van der Waals surface area contributed by atoms with E-state index in [0.717, 1.165) is 29.8 Å². The molecule has 0 aliphatic heterocycles. The van der Waals surface area contributed by atoms with Crippen LogP contribution in [0.25, 0.3) is 0 Å². The number of benzene rings is 1. The maximum absolute atomic E-state index is 6.20. The Balaban J connectivity index is 1.85. The molecule has 0 bridgehead atoms. The molecule has 19 heavy (non-hydrogen) atoms. The van der Waals surface area contributed by atoms with Gasteiger partial charge in [-0.1, -0.05) is 49.5 Å². The fraction of sp³-hybridized carbons (Fsp3) is 0.625. The van der Waals surface area contributed by atoms with Crippen LogP contribution in [0.15, 0.2) is 18.2 Å². The topological polar surface area (TPSA) is 12.0 Å². The van der Waals surface area contributed by atoms with Crippen LogP contribution in [-0.2, 0) is 6.42 Å². The highest BCUT2D eigenvalue weighted by molar-refractivity contribution is 6.35. The summed E-state index contributed by atoms with van der Waals surface area (Å²) in [4.78, 5) is 0. The van der Waals surface area contributed by atoms with Gasteiger partial charge in [-0.3, -0.25) is 0 Å². The van der Waals surface area contributed by atoms with Gasteiger partial charge in [0.1, 0.15) is 0 Å². The van der Waals surface area contributed by atoms with Gasteiger partial charge in [-0.15, -0.1) is 0 Å². The van der Waals surface area contributed by atoms with Crippen molar-refractivity contribution in [3.05, 3.63) is 33.8 Å². The van der Waals surface area contributed by atoms with Crippen LogP contribution in [0.4, 0.5) is 0 Å². The molecule has 2 atom stereocenters. The summed E-state index contributed by atoms with van der Waals surface area (Å²) in [5.41, 5.74) is 1.18. The summed E-state index contributed by atoms with van der Waals surface area (Å²) in [6.07, 6.45) is 5.04. The third kappa shape index (κ3) is 4.11. The van der Waals surface area contributed by atoms with Gasteiger partial charge in [-0.05, 0) is 55.3 Å². The maximum Gasteiger partial charge on any atom is 0.0453 e. The quantitative estimate of drug-likeness (QED) is 0.829. The SMILES string of the molecule is CC1CCCC(C)C1NCCc1ccc(Cl)cc1Cl. The molecule has 0 radical (unpaired) electrons. The van der Waals surface area contributed by atoms with Crippen LogP contribution >= 0.6 is 23.2 Å². The van der Waals surface area contributed by atoms with Crippen molar-refractivity contribution in [1.82, 2.24) is 5.32 Å². The fourth-order valence-corrected chi connectivity index (χ4v) is 3.69. The zero-order valence-corrected chi connectivity index (χ0v) is 13.3. The van der Waals surface area contributed by atoms with Gasteiger partial charge < -0.3 is 5.32 Å². The van der Waals surface area contributed by atoms with Crippen molar-refractivity contribution < 1.29 is 0 Å². The second-order valence-electron chi connectivity index (χ2n) is 5.85. The first-order valence-electron chi connectivity index (χ1n) is 7.25. The average molecular weight is 300 g/mol. The van der Waals surface area contributed by atoms with Gasteiger partial charge in [-0.2, -0.15) is 0 Å². The lowest BCUT2D eigenvalue weighted by atomic mass is 9.78. The number of hydrogen-bond acceptors (Lipinski definition) is 1. The Morgan fingerprint density at radius 2 is 1.84 bits per heavy atom. The van der Waals surface area contributed by atoms with Crippen LogP contribution in [0.5, 0.6) is 0 Å². The van der Waals surface area contributed by atoms with E-state index in [-0.39, 0.29) is 0 Å². The normalized spacial score (nSPS) is 27.5. The molecule has 1 aliphatic rings. The molecule has 2 unspecified atom stereocenters. The number of rotatable bonds is 4. The van der Waals surface area contributed by atoms with Crippen molar-refractivity contribution in [1.29, 1.82) is 0 Å². The Kier molecular flexibility index (Phi) is 5.56. The molecule has 0 saturated heterocycles. The van der Waals surface area contributed by atoms with Gasteiger partial charge in [0, 0.05) is 16.1 Å². The van der Waals surface area contributed by atoms with Crippen molar-refractivity contribution >= 4 is 23.2 Å². The van der Waals surface area contributed by atoms with Crippen molar-refractivity contribution in [2.24, 2.45) is 11.8 Å². The Labute approximate surface area is 126 Å². The molecule has 0 heterocycles. The summed E-state index contributed by atoms with van der Waals surface area (Å²) in [6, 6.07) is 6.42. The van der Waals surface area contributed by atoms with E-state index < -0.39 is 0 Å². The van der Waals surface area contributed by atoms with Crippen molar-refractivity contribution in [3.63, 3.8) is 0 Å². The summed E-state index contributed by atoms with van der Waals surface area (Å²) >= 11 is 12.1. The van der Waals surface area contributed by atoms with Gasteiger partial charge in [0.2, 0.25) is 0 Å². The zero-order valence-electron chi connectivity index (χ0n) is 11.8. The largest absolute Gasteiger partial charge is 0.313 e. The number of nitrogens with one attached hydrogen (secondary N) is 1. The first kappa shape index (κ1) is 15.2. The third-order valence-electron chi connectivity index (χ3n) is 4.33. The predicted molar refractivity (Wildman–Crippen MR) is 84.1 cm³/mol. The Morgan fingerprint density at radius 1 is 1.16 bits per heavy atom. The van der Waals surface area contributed by atoms with Crippen LogP contribution < -0.4 is 5.32 Å². The summed E-state index contributed by atoms with van der Waals surface area (Å²) < 4.78 is 0. The third-order valence-corrected chi connectivity index (χ3v) is 4.92. The molecule has 1 aromatic carbocycles. The second-order valence-corrected chi connectivity index (χ2v) is 6.69. The molecule has 0 spiro atoms. The van der Waals surface area contributed by atoms with Gasteiger partial charge in [-0.25, -0.2) is 0 Å². The second kappa shape index (κ2) is 6.97. The standard InChI is InChI=1S/C16H23Cl2N/c1-11-4-3-5-12(2)16(11)19-9-8-13-6-7-14(17)10-15(13)18/h6-7,10-12,16,19H,3-5,8-9H2,1-2H3. The highest BCUT2D eigenvalue weighted by Crippen LogP contribution is 2.29. The van der Waals surface area contributed by atoms with Crippen LogP contribution in [0.3, 0.4) is 0 Å². The molecule has 1 aromatic rings. The smallest absolute Gasteiger partial charge is 0.0453 e. The van der Waals surface area contributed by atoms with Gasteiger partial charge in [0.05, 0.1) is 0 Å². The van der Waals surface area contributed by atoms with E-state index in [1.54, 1.807) is 0 Å². The van der Waals surface area contributed by atoms with Gasteiger partial charge >= 0.3 is 0 Å². The van der Waals surface area contributed by atoms with Crippen LogP contribution in [0.1, 0.15) is 38.7 Å². The molecule has 1 fully saturated rings. The van der Waals surface area contributed by atoms with Gasteiger partial charge in [0.15, 0.2) is 0 Å². The first-order valence-corrected chi connectivity index (χ1v) is 8.01. The molecule has 0 amide bonds. The molecule has 1 aliphatic carbocycles. The van der Waals surface area contributed by atoms with Crippen molar-refractivity contribution in [3.8, 4) is 0 Å². The van der Waals surface area contributed by atoms with E-state index in [0.29, 0.717) is 11.1 Å². The predicted octanol–water partition coefficient (Wildman–Crippen LogP) is 4.95. The van der Waals surface area contributed by atoms with Crippen LogP contribution in [0.2, 0.25) is 10.0 Å². The van der Waals surface area contributed by atoms with Crippen molar-refractivity contribution in [2.75, 3.05) is 6.54 Å². The fourth-order valence-electron chi connectivity index (χ4n) is 3.18. The summed E-state index contributed by atoms with van der Waals surface area (Å²) in [7, 11) is 0. The molecular weight excluding hydrogens is 277 g/mol. The Bertz CT molecular complexity index is 409. The highest BCUT2D eigenvalue weighted by Gasteiger charge is 2.26. The first-order chi connectivity index (χ1) is 9.08. The lowest BCUT2D eigenvalue weighted by molar-refractivity contribution is 0.210. The molecule has 0 aromatic heterocycles. The molecule has 1 nitrogen and oxygen atoms in total. The molecule has 1 N–H and O–H groups in total.